The van der Waals surface area contributed by atoms with E-state index in [-0.39, 0.29) is 10.8 Å². The third-order valence-corrected chi connectivity index (χ3v) is 13.0. The van der Waals surface area contributed by atoms with Crippen LogP contribution in [0.15, 0.2) is 153 Å². The Hall–Kier alpha value is -7.38. The van der Waals surface area contributed by atoms with E-state index in [0.717, 1.165) is 105 Å². The van der Waals surface area contributed by atoms with Gasteiger partial charge in [0.05, 0.1) is 27.7 Å². The lowest BCUT2D eigenvalue weighted by Crippen LogP contribution is -2.29. The summed E-state index contributed by atoms with van der Waals surface area (Å²) in [5, 5.41) is 6.16. The number of H-pyrrole nitrogens is 1. The van der Waals surface area contributed by atoms with Crippen LogP contribution in [0.2, 0.25) is 0 Å². The highest BCUT2D eigenvalue weighted by atomic mass is 16.4. The van der Waals surface area contributed by atoms with Gasteiger partial charge in [0.25, 0.3) is 0 Å². The van der Waals surface area contributed by atoms with Crippen LogP contribution < -0.4 is 14.7 Å². The maximum absolute atomic E-state index is 7.41. The summed E-state index contributed by atoms with van der Waals surface area (Å²) < 4.78 is 21.2. The van der Waals surface area contributed by atoms with Crippen molar-refractivity contribution < 1.29 is 13.3 Å². The van der Waals surface area contributed by atoms with Crippen LogP contribution in [0, 0.1) is 0 Å². The number of hydrogen-bond acceptors (Lipinski definition) is 6. The number of nitrogens with zero attached hydrogens (tertiary/aromatic N) is 3. The Kier molecular flexibility index (Phi) is 6.60. The molecule has 6 heterocycles. The van der Waals surface area contributed by atoms with Gasteiger partial charge in [-0.25, -0.2) is 4.90 Å². The lowest BCUT2D eigenvalue weighted by Gasteiger charge is -2.43. The van der Waals surface area contributed by atoms with Crippen LogP contribution in [-0.2, 0) is 10.8 Å². The van der Waals surface area contributed by atoms with Gasteiger partial charge in [0, 0.05) is 38.4 Å². The number of furan rings is 3. The van der Waals surface area contributed by atoms with Crippen molar-refractivity contribution >= 4 is 117 Å². The number of aromatic nitrogens is 1. The molecule has 61 heavy (non-hydrogen) atoms. The Morgan fingerprint density at radius 2 is 0.934 bits per heavy atom. The van der Waals surface area contributed by atoms with Crippen LogP contribution in [0.25, 0.3) is 65.7 Å². The van der Waals surface area contributed by atoms with E-state index < -0.39 is 0 Å². The van der Waals surface area contributed by atoms with Gasteiger partial charge in [0.2, 0.25) is 11.8 Å². The zero-order chi connectivity index (χ0) is 41.1. The SMILES string of the molecule is CC(C)(C)c1ccc(N2c3cccc4c3N(c3oc5c(ccc6[nH]c7ccccc7c65)c32)c2oc3c(ccc5oc6ccccc6c53)c2N4c2ccc(C(C)(C)C)cc2)cc1. The molecule has 0 aliphatic carbocycles. The Balaban J connectivity index is 1.17. The van der Waals surface area contributed by atoms with Crippen molar-refractivity contribution in [1.29, 1.82) is 0 Å². The van der Waals surface area contributed by atoms with Gasteiger partial charge in [0.1, 0.15) is 33.8 Å². The summed E-state index contributed by atoms with van der Waals surface area (Å²) in [5.74, 6) is 1.38. The van der Waals surface area contributed by atoms with Crippen molar-refractivity contribution in [1.82, 2.24) is 4.98 Å². The normalized spacial score (nSPS) is 14.0. The average molecular weight is 795 g/mol. The first-order valence-electron chi connectivity index (χ1n) is 21.1. The Morgan fingerprint density at radius 1 is 0.393 bits per heavy atom. The first kappa shape index (κ1) is 34.5. The van der Waals surface area contributed by atoms with Crippen molar-refractivity contribution in [3.05, 3.63) is 151 Å². The largest absolute Gasteiger partial charge is 0.456 e. The van der Waals surface area contributed by atoms with Gasteiger partial charge in [-0.2, -0.15) is 0 Å². The van der Waals surface area contributed by atoms with E-state index in [1.807, 2.05) is 12.1 Å². The smallest absolute Gasteiger partial charge is 0.232 e. The topological polar surface area (TPSA) is 64.9 Å². The molecule has 0 bridgehead atoms. The third-order valence-electron chi connectivity index (χ3n) is 13.0. The van der Waals surface area contributed by atoms with E-state index in [2.05, 4.69) is 189 Å². The van der Waals surface area contributed by atoms with Crippen LogP contribution in [0.3, 0.4) is 0 Å². The second kappa shape index (κ2) is 11.7. The fourth-order valence-corrected chi connectivity index (χ4v) is 9.94. The second-order valence-electron chi connectivity index (χ2n) is 18.7. The highest BCUT2D eigenvalue weighted by Crippen LogP contribution is 2.67. The van der Waals surface area contributed by atoms with E-state index in [0.29, 0.717) is 11.8 Å². The highest BCUT2D eigenvalue weighted by molar-refractivity contribution is 6.27. The van der Waals surface area contributed by atoms with Gasteiger partial charge in [-0.3, -0.25) is 0 Å². The minimum atomic E-state index is 0.00151. The summed E-state index contributed by atoms with van der Waals surface area (Å²) in [6.07, 6.45) is 0. The molecular formula is C54H42N4O3. The molecule has 0 atom stereocenters. The van der Waals surface area contributed by atoms with Crippen LogP contribution in [0.5, 0.6) is 0 Å². The third kappa shape index (κ3) is 4.63. The predicted octanol–water partition coefficient (Wildman–Crippen LogP) is 16.3. The van der Waals surface area contributed by atoms with Gasteiger partial charge in [-0.05, 0) is 94.8 Å². The minimum absolute atomic E-state index is 0.00151. The summed E-state index contributed by atoms with van der Waals surface area (Å²) in [6, 6.07) is 50.0. The lowest BCUT2D eigenvalue weighted by atomic mass is 9.87. The average Bonchev–Trinajstić information content (AvgIpc) is 4.03. The fraction of sp³-hybridized carbons (Fsp3) is 0.148. The van der Waals surface area contributed by atoms with Crippen molar-refractivity contribution in [2.75, 3.05) is 14.7 Å². The molecule has 11 aromatic rings. The van der Waals surface area contributed by atoms with E-state index in [1.165, 1.54) is 11.1 Å². The number of para-hydroxylation sites is 3. The standard InChI is InChI=1S/C54H42N4O3/c1-53(2,3)30-18-22-32(23-19-30)56-40-15-11-16-41-48(40)58(51-46(56)36-26-28-39-44(49(36)60-51)34-12-7-9-14-38(34)55-39)52-47(57(41)33-24-20-31(21-25-33)54(4,5)6)37-27-29-43-45(50(37)61-52)35-13-8-10-17-42(35)59-43/h7-29,55H,1-6H3. The first-order valence-corrected chi connectivity index (χ1v) is 21.1. The number of aromatic amines is 1. The van der Waals surface area contributed by atoms with Gasteiger partial charge < -0.3 is 28.0 Å². The molecule has 0 radical (unpaired) electrons. The monoisotopic (exact) mass is 794 g/mol. The molecule has 0 saturated carbocycles. The van der Waals surface area contributed by atoms with E-state index >= 15 is 0 Å². The molecule has 7 heteroatoms. The van der Waals surface area contributed by atoms with Crippen molar-refractivity contribution in [3.63, 3.8) is 0 Å². The number of anilines is 9. The molecule has 2 aliphatic heterocycles. The molecule has 0 amide bonds. The van der Waals surface area contributed by atoms with Crippen molar-refractivity contribution in [3.8, 4) is 0 Å². The zero-order valence-corrected chi connectivity index (χ0v) is 34.8. The Morgan fingerprint density at radius 3 is 1.54 bits per heavy atom. The first-order chi connectivity index (χ1) is 29.5. The molecule has 0 saturated heterocycles. The molecule has 1 N–H and O–H groups in total. The Labute approximate surface area is 352 Å². The number of benzene rings is 7. The summed E-state index contributed by atoms with van der Waals surface area (Å²) in [4.78, 5) is 10.7. The molecule has 7 nitrogen and oxygen atoms in total. The minimum Gasteiger partial charge on any atom is -0.456 e. The van der Waals surface area contributed by atoms with E-state index in [1.54, 1.807) is 0 Å². The molecule has 0 unspecified atom stereocenters. The predicted molar refractivity (Wildman–Crippen MR) is 251 cm³/mol. The molecular weight excluding hydrogens is 753 g/mol. The molecule has 7 aromatic carbocycles. The van der Waals surface area contributed by atoms with Crippen molar-refractivity contribution in [2.24, 2.45) is 0 Å². The quantitative estimate of drug-likeness (QED) is 0.188. The van der Waals surface area contributed by atoms with E-state index in [9.17, 15) is 0 Å². The molecule has 2 aliphatic rings. The maximum Gasteiger partial charge on any atom is 0.232 e. The summed E-state index contributed by atoms with van der Waals surface area (Å²) in [5.41, 5.74) is 14.9. The molecule has 0 spiro atoms. The van der Waals surface area contributed by atoms with Crippen LogP contribution >= 0.6 is 0 Å². The molecule has 0 fully saturated rings. The van der Waals surface area contributed by atoms with Crippen LogP contribution in [-0.4, -0.2) is 4.98 Å². The van der Waals surface area contributed by atoms with Gasteiger partial charge in [0.15, 0.2) is 5.58 Å². The number of rotatable bonds is 2. The highest BCUT2D eigenvalue weighted by Gasteiger charge is 2.46. The zero-order valence-electron chi connectivity index (χ0n) is 34.8. The Bertz CT molecular complexity index is 3390. The summed E-state index contributed by atoms with van der Waals surface area (Å²) >= 11 is 0. The number of nitrogens with one attached hydrogen (secondary N) is 1. The summed E-state index contributed by atoms with van der Waals surface area (Å²) in [7, 11) is 0. The number of fused-ring (bicyclic) bond motifs is 16. The van der Waals surface area contributed by atoms with Crippen molar-refractivity contribution in [2.45, 2.75) is 52.4 Å². The number of hydrogen-bond donors (Lipinski definition) is 1. The maximum atomic E-state index is 7.41. The second-order valence-corrected chi connectivity index (χ2v) is 18.7. The molecule has 13 rings (SSSR count). The lowest BCUT2D eigenvalue weighted by molar-refractivity contribution is 0.582. The van der Waals surface area contributed by atoms with E-state index in [4.69, 9.17) is 13.3 Å². The van der Waals surface area contributed by atoms with Crippen LogP contribution in [0.1, 0.15) is 52.7 Å². The summed E-state index contributed by atoms with van der Waals surface area (Å²) in [6.45, 7) is 13.6. The van der Waals surface area contributed by atoms with Gasteiger partial charge in [-0.15, -0.1) is 0 Å². The fourth-order valence-electron chi connectivity index (χ4n) is 9.94. The van der Waals surface area contributed by atoms with Gasteiger partial charge in [-0.1, -0.05) is 108 Å². The van der Waals surface area contributed by atoms with Gasteiger partial charge >= 0.3 is 0 Å². The van der Waals surface area contributed by atoms with Crippen LogP contribution in [0.4, 0.5) is 51.6 Å². The molecule has 296 valence electrons. The molecule has 4 aromatic heterocycles.